The Morgan fingerprint density at radius 1 is 0.582 bits per heavy atom. The van der Waals surface area contributed by atoms with Gasteiger partial charge >= 0.3 is 41.8 Å². The van der Waals surface area contributed by atoms with Crippen LogP contribution < -0.4 is 10.6 Å². The molecule has 31 nitrogen and oxygen atoms in total. The molecule has 1 unspecified atom stereocenters. The molecule has 2 aliphatic rings. The summed E-state index contributed by atoms with van der Waals surface area (Å²) in [7, 11) is 0. The summed E-state index contributed by atoms with van der Waals surface area (Å²) in [6, 6.07) is -3.19. The van der Waals surface area contributed by atoms with Crippen LogP contribution in [0.1, 0.15) is 93.0 Å². The van der Waals surface area contributed by atoms with Crippen molar-refractivity contribution in [1.82, 2.24) is 45.5 Å². The van der Waals surface area contributed by atoms with Gasteiger partial charge in [0.2, 0.25) is 11.8 Å². The number of hydrogen-bond acceptors (Lipinski definition) is 26. The first-order valence-electron chi connectivity index (χ1n) is 25.5. The third-order valence-corrected chi connectivity index (χ3v) is 11.6. The molecule has 0 bridgehead atoms. The van der Waals surface area contributed by atoms with E-state index in [1.807, 2.05) is 6.92 Å². The smallest absolute Gasteiger partial charge is 0.320 e. The fourth-order valence-corrected chi connectivity index (χ4v) is 8.43. The Morgan fingerprint density at radius 2 is 0.975 bits per heavy atom. The van der Waals surface area contributed by atoms with Crippen LogP contribution in [-0.4, -0.2) is 214 Å². The molecular formula is C48H73N9O22. The van der Waals surface area contributed by atoms with Crippen molar-refractivity contribution in [3.63, 3.8) is 0 Å². The molecule has 4 heterocycles. The van der Waals surface area contributed by atoms with Crippen LogP contribution in [0.5, 0.6) is 0 Å². The van der Waals surface area contributed by atoms with E-state index in [1.54, 1.807) is 17.3 Å². The predicted molar refractivity (Wildman–Crippen MR) is 262 cm³/mol. The van der Waals surface area contributed by atoms with Crippen molar-refractivity contribution in [2.75, 3.05) is 52.9 Å². The van der Waals surface area contributed by atoms with Crippen LogP contribution in [0.2, 0.25) is 0 Å². The molecule has 11 atom stereocenters. The Bertz CT molecular complexity index is 2190. The van der Waals surface area contributed by atoms with E-state index in [-0.39, 0.29) is 79.0 Å². The first-order valence-corrected chi connectivity index (χ1v) is 25.5. The third-order valence-electron chi connectivity index (χ3n) is 11.6. The number of carboxylic acids is 1. The largest absolute Gasteiger partial charge is 0.480 e. The molecule has 2 amide bonds. The molecule has 2 saturated heterocycles. The van der Waals surface area contributed by atoms with Gasteiger partial charge in [-0.05, 0) is 6.42 Å². The highest BCUT2D eigenvalue weighted by atomic mass is 16.7. The second-order valence-corrected chi connectivity index (χ2v) is 18.3. The second kappa shape index (κ2) is 33.0. The van der Waals surface area contributed by atoms with Crippen LogP contribution in [0, 0.1) is 0 Å². The molecular weight excluding hydrogens is 1050 g/mol. The van der Waals surface area contributed by atoms with E-state index in [0.717, 1.165) is 34.1 Å². The maximum absolute atomic E-state index is 12.6. The number of amides is 2. The SMILES string of the molecule is CCCCC(C(=O)O)N(Cc1cn(CCOCCO[C@@H]2O[C@H](COC(C)=O)[C@H](OC(C)=O)[C@H](OC(C)=O)[C@H]2NC(C)=O)nn1)Cc1cn(CCOCCO[C@@H]2O[C@H](COC(C)=O)[C@H](OC(C)=O)[C@H](OC(C)=O)[C@H]2NC(C)=O)nn1. The molecule has 2 aliphatic heterocycles. The van der Waals surface area contributed by atoms with E-state index in [2.05, 4.69) is 31.3 Å². The number of unbranched alkanes of at least 4 members (excludes halogenated alkanes) is 1. The third kappa shape index (κ3) is 22.5. The predicted octanol–water partition coefficient (Wildman–Crippen LogP) is -1.11. The first-order chi connectivity index (χ1) is 37.5. The number of esters is 6. The van der Waals surface area contributed by atoms with Crippen molar-refractivity contribution >= 4 is 53.6 Å². The molecule has 2 fully saturated rings. The van der Waals surface area contributed by atoms with Gasteiger partial charge in [-0.3, -0.25) is 48.1 Å². The number of nitrogens with zero attached hydrogens (tertiary/aromatic N) is 7. The minimum Gasteiger partial charge on any atom is -0.480 e. The average molecular weight is 1130 g/mol. The molecule has 0 saturated carbocycles. The zero-order valence-corrected chi connectivity index (χ0v) is 45.8. The number of ether oxygens (including phenoxy) is 12. The standard InChI is InChI=1S/C48H73N9O22/c1-10-11-12-37(46(66)67)55(21-35-23-56(53-51-35)13-15-68-17-19-70-47-40(49-27(2)58)44(76-33(8)64)42(74-31(6)62)38(78-47)25-72-29(4)60)22-36-24-57(54-52-36)14-16-69-18-20-71-48-41(50-28(3)59)45(77-34(9)65)43(75-32(7)63)39(79-48)26-73-30(5)61/h23-24,37-45,47-48H,10-22,25-26H2,1-9H3,(H,49,58)(H,50,59)(H,66,67)/t37?,38-,39-,40-,41-,42+,43+,44-,45-,47-,48-/m1/s1. The van der Waals surface area contributed by atoms with Gasteiger partial charge in [0.15, 0.2) is 37.0 Å². The summed E-state index contributed by atoms with van der Waals surface area (Å²) in [5.74, 6) is -6.35. The lowest BCUT2D eigenvalue weighted by Gasteiger charge is -2.44. The monoisotopic (exact) mass is 1130 g/mol. The molecule has 0 radical (unpaired) electrons. The lowest BCUT2D eigenvalue weighted by Crippen LogP contribution is -2.66. The first kappa shape index (κ1) is 64.8. The van der Waals surface area contributed by atoms with Crippen LogP contribution in [0.15, 0.2) is 12.4 Å². The van der Waals surface area contributed by atoms with Crippen LogP contribution >= 0.6 is 0 Å². The lowest BCUT2D eigenvalue weighted by atomic mass is 9.96. The van der Waals surface area contributed by atoms with Gasteiger partial charge < -0.3 is 72.6 Å². The summed E-state index contributed by atoms with van der Waals surface area (Å²) in [5.41, 5.74) is 0.941. The summed E-state index contributed by atoms with van der Waals surface area (Å²) in [5, 5.41) is 32.5. The van der Waals surface area contributed by atoms with Gasteiger partial charge in [0.05, 0.1) is 64.1 Å². The molecule has 79 heavy (non-hydrogen) atoms. The fourth-order valence-electron chi connectivity index (χ4n) is 8.43. The quantitative estimate of drug-likeness (QED) is 0.0433. The van der Waals surface area contributed by atoms with E-state index in [1.165, 1.54) is 37.1 Å². The van der Waals surface area contributed by atoms with E-state index in [4.69, 9.17) is 56.8 Å². The van der Waals surface area contributed by atoms with Gasteiger partial charge in [0.25, 0.3) is 0 Å². The Morgan fingerprint density at radius 3 is 1.32 bits per heavy atom. The number of nitrogens with one attached hydrogen (secondary N) is 2. The Kier molecular flexibility index (Phi) is 27.0. The summed E-state index contributed by atoms with van der Waals surface area (Å²) >= 11 is 0. The number of carboxylic acid groups (broad SMARTS) is 1. The van der Waals surface area contributed by atoms with Crippen molar-refractivity contribution in [2.45, 2.75) is 175 Å². The molecule has 4 rings (SSSR count). The van der Waals surface area contributed by atoms with Crippen LogP contribution in [0.3, 0.4) is 0 Å². The zero-order valence-electron chi connectivity index (χ0n) is 45.8. The van der Waals surface area contributed by atoms with Crippen LogP contribution in [-0.2, 0) is 126 Å². The Labute approximate surface area is 455 Å². The number of rotatable bonds is 33. The highest BCUT2D eigenvalue weighted by molar-refractivity contribution is 5.75. The number of hydrogen-bond donors (Lipinski definition) is 3. The molecule has 2 aromatic rings. The van der Waals surface area contributed by atoms with Crippen LogP contribution in [0.25, 0.3) is 0 Å². The fraction of sp³-hybridized carbons (Fsp3) is 0.729. The zero-order chi connectivity index (χ0) is 58.2. The summed E-state index contributed by atoms with van der Waals surface area (Å²) in [6.45, 7) is 11.3. The van der Waals surface area contributed by atoms with Gasteiger partial charge in [-0.25, -0.2) is 9.36 Å². The van der Waals surface area contributed by atoms with Gasteiger partial charge in [-0.1, -0.05) is 30.2 Å². The molecule has 0 aliphatic carbocycles. The normalized spacial score (nSPS) is 23.2. The van der Waals surface area contributed by atoms with Crippen molar-refractivity contribution in [1.29, 1.82) is 0 Å². The highest BCUT2D eigenvalue weighted by Crippen LogP contribution is 2.30. The number of carbonyl (C=O) groups excluding carboxylic acids is 8. The second-order valence-electron chi connectivity index (χ2n) is 18.3. The van der Waals surface area contributed by atoms with Gasteiger partial charge in [0, 0.05) is 80.9 Å². The van der Waals surface area contributed by atoms with Gasteiger partial charge in [-0.15, -0.1) is 10.2 Å². The number of aromatic nitrogens is 6. The lowest BCUT2D eigenvalue weighted by molar-refractivity contribution is -0.279. The Balaban J connectivity index is 1.32. The van der Waals surface area contributed by atoms with E-state index in [9.17, 15) is 48.3 Å². The molecule has 3 N–H and O–H groups in total. The van der Waals surface area contributed by atoms with Crippen molar-refractivity contribution in [3.05, 3.63) is 23.8 Å². The van der Waals surface area contributed by atoms with Crippen LogP contribution in [0.4, 0.5) is 0 Å². The van der Waals surface area contributed by atoms with Gasteiger partial charge in [0.1, 0.15) is 43.5 Å². The van der Waals surface area contributed by atoms with Gasteiger partial charge in [-0.2, -0.15) is 0 Å². The Hall–Kier alpha value is -6.77. The summed E-state index contributed by atoms with van der Waals surface area (Å²) in [4.78, 5) is 111. The van der Waals surface area contributed by atoms with Crippen molar-refractivity contribution in [3.8, 4) is 0 Å². The molecule has 442 valence electrons. The summed E-state index contributed by atoms with van der Waals surface area (Å²) in [6.07, 6.45) is -4.84. The highest BCUT2D eigenvalue weighted by Gasteiger charge is 2.53. The number of carbonyl (C=O) groups is 9. The number of aliphatic carboxylic acids is 1. The maximum Gasteiger partial charge on any atom is 0.320 e. The molecule has 31 heteroatoms. The summed E-state index contributed by atoms with van der Waals surface area (Å²) < 4.78 is 70.5. The molecule has 2 aromatic heterocycles. The topological polar surface area (TPSA) is 373 Å². The minimum absolute atomic E-state index is 0.0161. The minimum atomic E-state index is -1.28. The molecule has 0 spiro atoms. The van der Waals surface area contributed by atoms with Crippen molar-refractivity contribution in [2.24, 2.45) is 0 Å². The van der Waals surface area contributed by atoms with E-state index >= 15 is 0 Å². The van der Waals surface area contributed by atoms with E-state index < -0.39 is 121 Å². The molecule has 0 aromatic carbocycles. The van der Waals surface area contributed by atoms with E-state index in [0.29, 0.717) is 24.2 Å². The van der Waals surface area contributed by atoms with Crippen molar-refractivity contribution < 1.29 is 105 Å². The maximum atomic E-state index is 12.6. The average Bonchev–Trinajstić information content (AvgIpc) is 4.04.